The average Bonchev–Trinajstić information content (AvgIpc) is 3.26. The fourth-order valence-electron chi connectivity index (χ4n) is 3.11. The highest BCUT2D eigenvalue weighted by molar-refractivity contribution is 7.08. The first-order valence-electron chi connectivity index (χ1n) is 8.12. The number of carbonyl (C=O) groups excluding carboxylic acids is 1. The molecule has 0 aliphatic carbocycles. The Morgan fingerprint density at radius 3 is 2.88 bits per heavy atom. The van der Waals surface area contributed by atoms with Crippen LogP contribution in [0.1, 0.15) is 22.3 Å². The van der Waals surface area contributed by atoms with Crippen LogP contribution in [0.25, 0.3) is 0 Å². The first-order valence-corrected chi connectivity index (χ1v) is 9.06. The largest absolute Gasteiger partial charge is 0.382 e. The van der Waals surface area contributed by atoms with Crippen molar-refractivity contribution in [2.45, 2.75) is 25.0 Å². The van der Waals surface area contributed by atoms with Crippen LogP contribution >= 0.6 is 11.3 Å². The third-order valence-corrected chi connectivity index (χ3v) is 5.01. The van der Waals surface area contributed by atoms with Gasteiger partial charge >= 0.3 is 0 Å². The molecule has 0 radical (unpaired) electrons. The first kappa shape index (κ1) is 17.1. The lowest BCUT2D eigenvalue weighted by atomic mass is 10.0. The number of ether oxygens (including phenoxy) is 2. The van der Waals surface area contributed by atoms with Gasteiger partial charge in [0.2, 0.25) is 0 Å². The van der Waals surface area contributed by atoms with Gasteiger partial charge in [0.25, 0.3) is 5.91 Å². The molecule has 2 aromatic rings. The van der Waals surface area contributed by atoms with E-state index in [9.17, 15) is 4.79 Å². The van der Waals surface area contributed by atoms with E-state index in [1.165, 1.54) is 5.56 Å². The van der Waals surface area contributed by atoms with E-state index in [1.54, 1.807) is 30.8 Å². The van der Waals surface area contributed by atoms with Crippen molar-refractivity contribution in [3.8, 4) is 0 Å². The van der Waals surface area contributed by atoms with Gasteiger partial charge in [-0.2, -0.15) is 11.3 Å². The van der Waals surface area contributed by atoms with Gasteiger partial charge in [0.15, 0.2) is 0 Å². The third kappa shape index (κ3) is 4.01. The molecule has 24 heavy (non-hydrogen) atoms. The lowest BCUT2D eigenvalue weighted by Crippen LogP contribution is -2.42. The predicted molar refractivity (Wildman–Crippen MR) is 93.3 cm³/mol. The molecule has 0 unspecified atom stereocenters. The molecular formula is C18H22N2O3S. The second-order valence-corrected chi connectivity index (χ2v) is 6.61. The lowest BCUT2D eigenvalue weighted by molar-refractivity contribution is 0.000500. The Labute approximate surface area is 146 Å². The molecule has 128 valence electrons. The van der Waals surface area contributed by atoms with Gasteiger partial charge in [-0.3, -0.25) is 9.78 Å². The fraction of sp³-hybridized carbons (Fsp3) is 0.444. The maximum atomic E-state index is 12.8. The van der Waals surface area contributed by atoms with Crippen molar-refractivity contribution in [2.75, 3.05) is 26.9 Å². The zero-order valence-corrected chi connectivity index (χ0v) is 14.6. The van der Waals surface area contributed by atoms with Crippen LogP contribution in [0.5, 0.6) is 0 Å². The number of pyridine rings is 1. The number of hydrogen-bond acceptors (Lipinski definition) is 5. The van der Waals surface area contributed by atoms with Gasteiger partial charge < -0.3 is 14.4 Å². The van der Waals surface area contributed by atoms with Gasteiger partial charge in [0.1, 0.15) is 0 Å². The highest BCUT2D eigenvalue weighted by Crippen LogP contribution is 2.26. The molecule has 1 saturated heterocycles. The summed E-state index contributed by atoms with van der Waals surface area (Å²) in [5, 5.41) is 3.85. The van der Waals surface area contributed by atoms with Crippen molar-refractivity contribution in [3.63, 3.8) is 0 Å². The van der Waals surface area contributed by atoms with Crippen molar-refractivity contribution in [3.05, 3.63) is 52.5 Å². The minimum atomic E-state index is 0.0379. The number of carbonyl (C=O) groups is 1. The van der Waals surface area contributed by atoms with Crippen LogP contribution in [-0.4, -0.2) is 54.8 Å². The summed E-state index contributed by atoms with van der Waals surface area (Å²) in [7, 11) is 1.67. The minimum absolute atomic E-state index is 0.0379. The van der Waals surface area contributed by atoms with Crippen molar-refractivity contribution in [2.24, 2.45) is 0 Å². The zero-order chi connectivity index (χ0) is 16.8. The topological polar surface area (TPSA) is 51.7 Å². The smallest absolute Gasteiger partial charge is 0.255 e. The van der Waals surface area contributed by atoms with Crippen LogP contribution < -0.4 is 0 Å². The van der Waals surface area contributed by atoms with Gasteiger partial charge in [-0.25, -0.2) is 0 Å². The molecule has 1 fully saturated rings. The first-order chi connectivity index (χ1) is 11.8. The Morgan fingerprint density at radius 1 is 1.33 bits per heavy atom. The second-order valence-electron chi connectivity index (χ2n) is 5.83. The summed E-state index contributed by atoms with van der Waals surface area (Å²) in [5.74, 6) is 0.0909. The summed E-state index contributed by atoms with van der Waals surface area (Å²) in [6.07, 6.45) is 5.24. The molecule has 3 rings (SSSR count). The van der Waals surface area contributed by atoms with E-state index in [0.29, 0.717) is 13.2 Å². The number of nitrogens with zero attached hydrogens (tertiary/aromatic N) is 2. The van der Waals surface area contributed by atoms with E-state index in [-0.39, 0.29) is 18.1 Å². The Kier molecular flexibility index (Phi) is 5.96. The van der Waals surface area contributed by atoms with Crippen molar-refractivity contribution < 1.29 is 14.3 Å². The predicted octanol–water partition coefficient (Wildman–Crippen LogP) is 2.63. The Morgan fingerprint density at radius 2 is 2.17 bits per heavy atom. The highest BCUT2D eigenvalue weighted by Gasteiger charge is 2.38. The molecule has 2 aromatic heterocycles. The number of amides is 1. The number of likely N-dealkylation sites (tertiary alicyclic amines) is 1. The summed E-state index contributed by atoms with van der Waals surface area (Å²) < 4.78 is 11.1. The van der Waals surface area contributed by atoms with E-state index in [2.05, 4.69) is 4.98 Å². The number of rotatable bonds is 7. The molecule has 5 nitrogen and oxygen atoms in total. The van der Waals surface area contributed by atoms with Gasteiger partial charge in [-0.1, -0.05) is 0 Å². The summed E-state index contributed by atoms with van der Waals surface area (Å²) in [5.41, 5.74) is 1.93. The number of aromatic nitrogens is 1. The van der Waals surface area contributed by atoms with Crippen LogP contribution in [0.2, 0.25) is 0 Å². The third-order valence-electron chi connectivity index (χ3n) is 4.33. The summed E-state index contributed by atoms with van der Waals surface area (Å²) in [4.78, 5) is 18.8. The van der Waals surface area contributed by atoms with E-state index < -0.39 is 0 Å². The van der Waals surface area contributed by atoms with Crippen LogP contribution in [0.15, 0.2) is 41.4 Å². The quantitative estimate of drug-likeness (QED) is 0.723. The van der Waals surface area contributed by atoms with Gasteiger partial charge in [0.05, 0.1) is 30.9 Å². The molecular weight excluding hydrogens is 324 g/mol. The van der Waals surface area contributed by atoms with E-state index in [4.69, 9.17) is 9.47 Å². The second kappa shape index (κ2) is 8.37. The monoisotopic (exact) mass is 346 g/mol. The summed E-state index contributed by atoms with van der Waals surface area (Å²) >= 11 is 1.55. The van der Waals surface area contributed by atoms with Crippen molar-refractivity contribution in [1.29, 1.82) is 0 Å². The molecule has 1 aliphatic heterocycles. The van der Waals surface area contributed by atoms with Gasteiger partial charge in [-0.15, -0.1) is 0 Å². The molecule has 1 amide bonds. The fourth-order valence-corrected chi connectivity index (χ4v) is 3.74. The number of thiophene rings is 1. The SMILES string of the molecule is COCCO[C@@H]1CCN(C(=O)c2ccsc2)[C@@H]1Cc1ccncc1. The van der Waals surface area contributed by atoms with Gasteiger partial charge in [-0.05, 0) is 42.0 Å². The molecule has 0 bridgehead atoms. The number of hydrogen-bond donors (Lipinski definition) is 0. The molecule has 0 N–H and O–H groups in total. The molecule has 0 aromatic carbocycles. The van der Waals surface area contributed by atoms with Crippen LogP contribution in [0.4, 0.5) is 0 Å². The Hall–Kier alpha value is -1.76. The van der Waals surface area contributed by atoms with E-state index in [1.807, 2.05) is 33.9 Å². The summed E-state index contributed by atoms with van der Waals surface area (Å²) in [6.45, 7) is 1.84. The number of methoxy groups -OCH3 is 1. The molecule has 0 saturated carbocycles. The molecule has 2 atom stereocenters. The van der Waals surface area contributed by atoms with E-state index >= 15 is 0 Å². The maximum absolute atomic E-state index is 12.8. The molecule has 0 spiro atoms. The van der Waals surface area contributed by atoms with Crippen molar-refractivity contribution >= 4 is 17.2 Å². The highest BCUT2D eigenvalue weighted by atomic mass is 32.1. The molecule has 1 aliphatic rings. The standard InChI is InChI=1S/C18H22N2O3S/c1-22-9-10-23-17-4-8-20(18(21)15-5-11-24-13-15)16(17)12-14-2-6-19-7-3-14/h2-3,5-7,11,13,16-17H,4,8-10,12H2,1H3/t16-,17-/m1/s1. The minimum Gasteiger partial charge on any atom is -0.382 e. The molecule has 6 heteroatoms. The average molecular weight is 346 g/mol. The van der Waals surface area contributed by atoms with Crippen LogP contribution in [0, 0.1) is 0 Å². The van der Waals surface area contributed by atoms with Crippen molar-refractivity contribution in [1.82, 2.24) is 9.88 Å². The Bertz CT molecular complexity index is 633. The van der Waals surface area contributed by atoms with Crippen LogP contribution in [-0.2, 0) is 15.9 Å². The lowest BCUT2D eigenvalue weighted by Gasteiger charge is -2.28. The summed E-state index contributed by atoms with van der Waals surface area (Å²) in [6, 6.07) is 5.92. The normalized spacial score (nSPS) is 20.5. The zero-order valence-electron chi connectivity index (χ0n) is 13.8. The Balaban J connectivity index is 1.75. The van der Waals surface area contributed by atoms with Gasteiger partial charge in [0, 0.05) is 31.4 Å². The van der Waals surface area contributed by atoms with Crippen LogP contribution in [0.3, 0.4) is 0 Å². The van der Waals surface area contributed by atoms with E-state index in [0.717, 1.165) is 24.9 Å². The maximum Gasteiger partial charge on any atom is 0.255 e. The molecule has 3 heterocycles.